The first-order valence-corrected chi connectivity index (χ1v) is 4.12. The highest BCUT2D eigenvalue weighted by Gasteiger charge is 2.17. The Morgan fingerprint density at radius 1 is 1.42 bits per heavy atom. The van der Waals surface area contributed by atoms with Gasteiger partial charge in [-0.25, -0.2) is 0 Å². The highest BCUT2D eigenvalue weighted by Crippen LogP contribution is 2.29. The van der Waals surface area contributed by atoms with Crippen LogP contribution in [0, 0.1) is 6.92 Å². The van der Waals surface area contributed by atoms with Gasteiger partial charge >= 0.3 is 0 Å². The summed E-state index contributed by atoms with van der Waals surface area (Å²) in [5.41, 5.74) is 10.1. The van der Waals surface area contributed by atoms with Gasteiger partial charge in [0, 0.05) is 6.04 Å². The van der Waals surface area contributed by atoms with Gasteiger partial charge in [-0.3, -0.25) is 0 Å². The van der Waals surface area contributed by atoms with Crippen molar-refractivity contribution in [2.75, 3.05) is 0 Å². The number of hydrogen-bond acceptors (Lipinski definition) is 1. The van der Waals surface area contributed by atoms with Crippen LogP contribution in [0.1, 0.15) is 29.2 Å². The molecule has 0 aromatic heterocycles. The number of fused-ring (bicyclic) bond motifs is 1. The van der Waals surface area contributed by atoms with Crippen LogP contribution in [0.5, 0.6) is 0 Å². The Morgan fingerprint density at radius 3 is 2.92 bits per heavy atom. The molecule has 2 rings (SSSR count). The lowest BCUT2D eigenvalue weighted by Crippen LogP contribution is -2.04. The summed E-state index contributed by atoms with van der Waals surface area (Å²) in [5.74, 6) is 0. The Bertz CT molecular complexity index is 283. The molecule has 0 unspecified atom stereocenters. The first kappa shape index (κ1) is 9.56. The molecule has 66 valence electrons. The van der Waals surface area contributed by atoms with Crippen LogP contribution in [0.15, 0.2) is 18.2 Å². The molecule has 0 bridgehead atoms. The fourth-order valence-corrected chi connectivity index (χ4v) is 1.78. The van der Waals surface area contributed by atoms with E-state index in [0.29, 0.717) is 6.04 Å². The predicted molar refractivity (Wildman–Crippen MR) is 53.7 cm³/mol. The molecule has 2 N–H and O–H groups in total. The van der Waals surface area contributed by atoms with E-state index in [2.05, 4.69) is 25.1 Å². The maximum absolute atomic E-state index is 5.90. The van der Waals surface area contributed by atoms with Crippen molar-refractivity contribution in [3.8, 4) is 0 Å². The summed E-state index contributed by atoms with van der Waals surface area (Å²) < 4.78 is 0. The van der Waals surface area contributed by atoms with Gasteiger partial charge in [0.15, 0.2) is 0 Å². The smallest absolute Gasteiger partial charge is 0.0300 e. The van der Waals surface area contributed by atoms with E-state index in [1.54, 1.807) is 0 Å². The first-order chi connectivity index (χ1) is 5.27. The largest absolute Gasteiger partial charge is 0.324 e. The summed E-state index contributed by atoms with van der Waals surface area (Å²) in [7, 11) is 0. The molecule has 0 saturated carbocycles. The maximum Gasteiger partial charge on any atom is 0.0300 e. The van der Waals surface area contributed by atoms with Crippen molar-refractivity contribution < 1.29 is 0 Å². The second-order valence-corrected chi connectivity index (χ2v) is 3.35. The van der Waals surface area contributed by atoms with Crippen LogP contribution in [-0.2, 0) is 6.42 Å². The zero-order valence-corrected chi connectivity index (χ0v) is 8.03. The molecule has 1 aromatic carbocycles. The van der Waals surface area contributed by atoms with Crippen molar-refractivity contribution >= 4 is 12.4 Å². The third-order valence-corrected chi connectivity index (χ3v) is 2.42. The average molecular weight is 184 g/mol. The lowest BCUT2D eigenvalue weighted by Gasteiger charge is -2.03. The normalized spacial score (nSPS) is 20.0. The second-order valence-electron chi connectivity index (χ2n) is 3.35. The Hall–Kier alpha value is -0.530. The van der Waals surface area contributed by atoms with Gasteiger partial charge in [0.25, 0.3) is 0 Å². The molecule has 0 heterocycles. The number of rotatable bonds is 0. The lowest BCUT2D eigenvalue weighted by atomic mass is 10.1. The molecule has 0 aliphatic heterocycles. The average Bonchev–Trinajstić information content (AvgIpc) is 2.32. The summed E-state index contributed by atoms with van der Waals surface area (Å²) >= 11 is 0. The summed E-state index contributed by atoms with van der Waals surface area (Å²) in [6.07, 6.45) is 2.29. The van der Waals surface area contributed by atoms with Crippen molar-refractivity contribution in [2.45, 2.75) is 25.8 Å². The first-order valence-electron chi connectivity index (χ1n) is 4.12. The van der Waals surface area contributed by atoms with Gasteiger partial charge in [0.05, 0.1) is 0 Å². The molecule has 2 heteroatoms. The van der Waals surface area contributed by atoms with Gasteiger partial charge in [-0.15, -0.1) is 12.4 Å². The summed E-state index contributed by atoms with van der Waals surface area (Å²) in [6.45, 7) is 2.13. The fourth-order valence-electron chi connectivity index (χ4n) is 1.78. The molecular formula is C10H14ClN. The molecule has 12 heavy (non-hydrogen) atoms. The SMILES string of the molecule is Cc1ccc2c(c1)CC[C@H]2N.Cl. The molecule has 1 aliphatic carbocycles. The van der Waals surface area contributed by atoms with E-state index >= 15 is 0 Å². The van der Waals surface area contributed by atoms with Crippen molar-refractivity contribution in [1.29, 1.82) is 0 Å². The van der Waals surface area contributed by atoms with E-state index in [1.807, 2.05) is 0 Å². The highest BCUT2D eigenvalue weighted by atomic mass is 35.5. The topological polar surface area (TPSA) is 26.0 Å². The fraction of sp³-hybridized carbons (Fsp3) is 0.400. The minimum atomic E-state index is 0. The Morgan fingerprint density at radius 2 is 2.17 bits per heavy atom. The van der Waals surface area contributed by atoms with Crippen molar-refractivity contribution in [1.82, 2.24) is 0 Å². The third kappa shape index (κ3) is 1.47. The molecule has 1 atom stereocenters. The van der Waals surface area contributed by atoms with Gasteiger partial charge in [-0.1, -0.05) is 23.8 Å². The quantitative estimate of drug-likeness (QED) is 0.657. The molecule has 0 spiro atoms. The lowest BCUT2D eigenvalue weighted by molar-refractivity contribution is 0.713. The zero-order chi connectivity index (χ0) is 7.84. The number of aryl methyl sites for hydroxylation is 2. The van der Waals surface area contributed by atoms with E-state index < -0.39 is 0 Å². The molecule has 0 radical (unpaired) electrons. The summed E-state index contributed by atoms with van der Waals surface area (Å²) in [5, 5.41) is 0. The van der Waals surface area contributed by atoms with E-state index in [0.717, 1.165) is 12.8 Å². The number of hydrogen-bond donors (Lipinski definition) is 1. The number of nitrogens with two attached hydrogens (primary N) is 1. The summed E-state index contributed by atoms with van der Waals surface area (Å²) in [6, 6.07) is 6.86. The van der Waals surface area contributed by atoms with Crippen LogP contribution < -0.4 is 5.73 Å². The zero-order valence-electron chi connectivity index (χ0n) is 7.21. The van der Waals surface area contributed by atoms with Gasteiger partial charge in [0.2, 0.25) is 0 Å². The van der Waals surface area contributed by atoms with Crippen LogP contribution in [0.2, 0.25) is 0 Å². The minimum absolute atomic E-state index is 0. The van der Waals surface area contributed by atoms with Crippen LogP contribution in [0.4, 0.5) is 0 Å². The van der Waals surface area contributed by atoms with Crippen LogP contribution >= 0.6 is 12.4 Å². The standard InChI is InChI=1S/C10H13N.ClH/c1-7-2-4-9-8(6-7)3-5-10(9)11;/h2,4,6,10H,3,5,11H2,1H3;1H/t10-;/m1./s1. The van der Waals surface area contributed by atoms with Gasteiger partial charge in [-0.2, -0.15) is 0 Å². The van der Waals surface area contributed by atoms with Gasteiger partial charge in [-0.05, 0) is 30.9 Å². The van der Waals surface area contributed by atoms with E-state index in [-0.39, 0.29) is 12.4 Å². The summed E-state index contributed by atoms with van der Waals surface area (Å²) in [4.78, 5) is 0. The highest BCUT2D eigenvalue weighted by molar-refractivity contribution is 5.85. The molecule has 1 nitrogen and oxygen atoms in total. The van der Waals surface area contributed by atoms with E-state index in [1.165, 1.54) is 16.7 Å². The van der Waals surface area contributed by atoms with Crippen molar-refractivity contribution in [3.05, 3.63) is 34.9 Å². The Balaban J connectivity index is 0.000000720. The van der Waals surface area contributed by atoms with Crippen LogP contribution in [0.25, 0.3) is 0 Å². The molecule has 1 aliphatic rings. The van der Waals surface area contributed by atoms with E-state index in [9.17, 15) is 0 Å². The van der Waals surface area contributed by atoms with Gasteiger partial charge < -0.3 is 5.73 Å². The second kappa shape index (κ2) is 3.46. The predicted octanol–water partition coefficient (Wildman–Crippen LogP) is 2.36. The molecule has 0 amide bonds. The maximum atomic E-state index is 5.90. The van der Waals surface area contributed by atoms with E-state index in [4.69, 9.17) is 5.73 Å². The molecule has 1 aromatic rings. The number of benzene rings is 1. The molecule has 0 fully saturated rings. The van der Waals surface area contributed by atoms with Crippen molar-refractivity contribution in [3.63, 3.8) is 0 Å². The van der Waals surface area contributed by atoms with Gasteiger partial charge in [0.1, 0.15) is 0 Å². The molecular weight excluding hydrogens is 170 g/mol. The van der Waals surface area contributed by atoms with Crippen molar-refractivity contribution in [2.24, 2.45) is 5.73 Å². The Labute approximate surface area is 79.4 Å². The monoisotopic (exact) mass is 183 g/mol. The van der Waals surface area contributed by atoms with Crippen LogP contribution in [0.3, 0.4) is 0 Å². The third-order valence-electron chi connectivity index (χ3n) is 2.42. The Kier molecular flexibility index (Phi) is 2.76. The van der Waals surface area contributed by atoms with Crippen LogP contribution in [-0.4, -0.2) is 0 Å². The molecule has 0 saturated heterocycles. The number of halogens is 1. The minimum Gasteiger partial charge on any atom is -0.324 e.